The average molecular weight is 617 g/mol. The third kappa shape index (κ3) is 5.14. The molecule has 46 heavy (non-hydrogen) atoms. The topological polar surface area (TPSA) is 131 Å². The standard InChI is InChI=1S/C36H33FN6O3/c37-29-16-24(21-8-9-21)15-23-10-12-43(35(45)32(23)29)31-3-1-2-26(28(31)19-44)33-27-17-30(40-34(27)42-36(38)41-33)22-6-4-20(5-7-22)14-25-18-39-11-13-46-25/h1-7,10,12,15-17,21,25,39,44H,8-9,11,13-14,18-19H2,(H3,38,40,41,42). The van der Waals surface area contributed by atoms with E-state index < -0.39 is 11.4 Å². The summed E-state index contributed by atoms with van der Waals surface area (Å²) in [5, 5.41) is 15.4. The van der Waals surface area contributed by atoms with Crippen LogP contribution in [0, 0.1) is 5.82 Å². The van der Waals surface area contributed by atoms with Crippen molar-refractivity contribution in [2.75, 3.05) is 25.4 Å². The molecule has 1 aliphatic heterocycles. The van der Waals surface area contributed by atoms with Gasteiger partial charge in [0.1, 0.15) is 11.5 Å². The van der Waals surface area contributed by atoms with Crippen molar-refractivity contribution < 1.29 is 14.2 Å². The third-order valence-corrected chi connectivity index (χ3v) is 9.09. The lowest BCUT2D eigenvalue weighted by molar-refractivity contribution is 0.0292. The Kier molecular flexibility index (Phi) is 7.12. The molecule has 1 aliphatic carbocycles. The van der Waals surface area contributed by atoms with Gasteiger partial charge in [0.15, 0.2) is 0 Å². The predicted molar refractivity (Wildman–Crippen MR) is 176 cm³/mol. The number of aromatic amines is 1. The van der Waals surface area contributed by atoms with Crippen LogP contribution >= 0.6 is 0 Å². The fourth-order valence-electron chi connectivity index (χ4n) is 6.60. The van der Waals surface area contributed by atoms with Gasteiger partial charge in [-0.3, -0.25) is 9.36 Å². The molecule has 0 amide bonds. The van der Waals surface area contributed by atoms with Crippen LogP contribution in [0.1, 0.15) is 35.4 Å². The Bertz CT molecular complexity index is 2160. The zero-order valence-corrected chi connectivity index (χ0v) is 25.1. The maximum Gasteiger partial charge on any atom is 0.265 e. The molecule has 3 aromatic carbocycles. The zero-order valence-electron chi connectivity index (χ0n) is 25.1. The van der Waals surface area contributed by atoms with Gasteiger partial charge in [-0.2, -0.15) is 4.98 Å². The Morgan fingerprint density at radius 2 is 1.91 bits per heavy atom. The number of aliphatic hydroxyl groups excluding tert-OH is 1. The van der Waals surface area contributed by atoms with Gasteiger partial charge in [0.2, 0.25) is 5.95 Å². The van der Waals surface area contributed by atoms with E-state index in [1.807, 2.05) is 18.2 Å². The zero-order chi connectivity index (χ0) is 31.4. The number of pyridine rings is 1. The Hall–Kier alpha value is -4.90. The van der Waals surface area contributed by atoms with Crippen LogP contribution in [0.15, 0.2) is 77.7 Å². The first-order valence-corrected chi connectivity index (χ1v) is 15.6. The van der Waals surface area contributed by atoms with Crippen LogP contribution in [-0.4, -0.2) is 50.4 Å². The van der Waals surface area contributed by atoms with Crippen molar-refractivity contribution in [2.24, 2.45) is 0 Å². The lowest BCUT2D eigenvalue weighted by Crippen LogP contribution is -2.39. The molecule has 1 saturated carbocycles. The van der Waals surface area contributed by atoms with Crippen molar-refractivity contribution in [3.63, 3.8) is 0 Å². The van der Waals surface area contributed by atoms with Crippen LogP contribution in [0.5, 0.6) is 0 Å². The van der Waals surface area contributed by atoms with Gasteiger partial charge in [0, 0.05) is 41.5 Å². The SMILES string of the molecule is Nc1nc(-c2cccc(-n3ccc4cc(C5CC5)cc(F)c4c3=O)c2CO)c2cc(-c3ccc(CC4CNCCO4)cc3)[nH]c2n1. The van der Waals surface area contributed by atoms with Crippen molar-refractivity contribution in [2.45, 2.75) is 37.9 Å². The number of benzene rings is 3. The molecule has 0 spiro atoms. The summed E-state index contributed by atoms with van der Waals surface area (Å²) in [6.07, 6.45) is 4.71. The van der Waals surface area contributed by atoms with Crippen molar-refractivity contribution in [1.29, 1.82) is 0 Å². The predicted octanol–water partition coefficient (Wildman–Crippen LogP) is 5.22. The number of morpholine rings is 1. The van der Waals surface area contributed by atoms with Gasteiger partial charge in [-0.25, -0.2) is 9.37 Å². The molecular weight excluding hydrogens is 583 g/mol. The number of ether oxygens (including phenoxy) is 1. The van der Waals surface area contributed by atoms with Crippen molar-refractivity contribution >= 4 is 27.8 Å². The fourth-order valence-corrected chi connectivity index (χ4v) is 6.60. The second-order valence-electron chi connectivity index (χ2n) is 12.2. The average Bonchev–Trinajstić information content (AvgIpc) is 3.84. The highest BCUT2D eigenvalue weighted by Crippen LogP contribution is 2.41. The number of nitrogens with one attached hydrogen (secondary N) is 2. The van der Waals surface area contributed by atoms with Gasteiger partial charge >= 0.3 is 0 Å². The first kappa shape index (κ1) is 28.6. The van der Waals surface area contributed by atoms with Gasteiger partial charge in [-0.15, -0.1) is 0 Å². The largest absolute Gasteiger partial charge is 0.392 e. The number of halogens is 1. The third-order valence-electron chi connectivity index (χ3n) is 9.09. The minimum atomic E-state index is -0.530. The normalized spacial score (nSPS) is 16.8. The number of hydrogen-bond donors (Lipinski definition) is 4. The van der Waals surface area contributed by atoms with Crippen molar-refractivity contribution in [1.82, 2.24) is 24.8 Å². The summed E-state index contributed by atoms with van der Waals surface area (Å²) in [6, 6.07) is 20.8. The molecule has 232 valence electrons. The van der Waals surface area contributed by atoms with Gasteiger partial charge in [-0.05, 0) is 71.5 Å². The summed E-state index contributed by atoms with van der Waals surface area (Å²) in [5.74, 6) is -0.0976. The van der Waals surface area contributed by atoms with E-state index in [2.05, 4.69) is 44.5 Å². The first-order valence-electron chi connectivity index (χ1n) is 15.6. The summed E-state index contributed by atoms with van der Waals surface area (Å²) in [5.41, 5.74) is 12.2. The van der Waals surface area contributed by atoms with Crippen molar-refractivity contribution in [3.05, 3.63) is 106 Å². The second-order valence-corrected chi connectivity index (χ2v) is 12.2. The monoisotopic (exact) mass is 616 g/mol. The molecule has 0 radical (unpaired) electrons. The summed E-state index contributed by atoms with van der Waals surface area (Å²) < 4.78 is 22.5. The Balaban J connectivity index is 1.19. The highest BCUT2D eigenvalue weighted by Gasteiger charge is 2.26. The number of fused-ring (bicyclic) bond motifs is 2. The number of rotatable bonds is 7. The van der Waals surface area contributed by atoms with E-state index in [1.54, 1.807) is 24.4 Å². The van der Waals surface area contributed by atoms with Crippen LogP contribution in [0.4, 0.5) is 10.3 Å². The Morgan fingerprint density at radius 3 is 2.67 bits per heavy atom. The van der Waals surface area contributed by atoms with Crippen molar-refractivity contribution in [3.8, 4) is 28.2 Å². The number of hydrogen-bond acceptors (Lipinski definition) is 7. The number of aromatic nitrogens is 4. The van der Waals surface area contributed by atoms with E-state index in [4.69, 9.17) is 10.5 Å². The number of H-pyrrole nitrogens is 1. The fraction of sp³-hybridized carbons (Fsp3) is 0.250. The van der Waals surface area contributed by atoms with Gasteiger partial charge < -0.3 is 25.9 Å². The number of nitrogens with zero attached hydrogens (tertiary/aromatic N) is 3. The lowest BCUT2D eigenvalue weighted by atomic mass is 9.99. The first-order chi connectivity index (χ1) is 22.5. The van der Waals surface area contributed by atoms with E-state index in [1.165, 1.54) is 16.2 Å². The van der Waals surface area contributed by atoms with Gasteiger partial charge in [0.05, 0.1) is 36.1 Å². The smallest absolute Gasteiger partial charge is 0.265 e. The van der Waals surface area contributed by atoms with Crippen LogP contribution in [0.2, 0.25) is 0 Å². The quantitative estimate of drug-likeness (QED) is 0.194. The molecule has 1 unspecified atom stereocenters. The van der Waals surface area contributed by atoms with E-state index in [0.29, 0.717) is 44.8 Å². The molecule has 8 rings (SSSR count). The van der Waals surface area contributed by atoms with E-state index in [-0.39, 0.29) is 24.0 Å². The van der Waals surface area contributed by atoms with Gasteiger partial charge in [0.25, 0.3) is 5.56 Å². The summed E-state index contributed by atoms with van der Waals surface area (Å²) in [4.78, 5) is 26.1. The Morgan fingerprint density at radius 1 is 1.07 bits per heavy atom. The maximum absolute atomic E-state index is 15.3. The molecule has 2 aliphatic rings. The highest BCUT2D eigenvalue weighted by atomic mass is 19.1. The highest BCUT2D eigenvalue weighted by molar-refractivity contribution is 5.96. The molecule has 10 heteroatoms. The summed E-state index contributed by atoms with van der Waals surface area (Å²) in [7, 11) is 0. The molecule has 1 saturated heterocycles. The van der Waals surface area contributed by atoms with Crippen LogP contribution in [0.25, 0.3) is 50.0 Å². The minimum Gasteiger partial charge on any atom is -0.392 e. The molecule has 2 fully saturated rings. The molecule has 4 heterocycles. The molecule has 5 N–H and O–H groups in total. The van der Waals surface area contributed by atoms with Crippen LogP contribution in [0.3, 0.4) is 0 Å². The van der Waals surface area contributed by atoms with E-state index in [0.717, 1.165) is 55.8 Å². The molecule has 1 atom stereocenters. The molecular formula is C36H33FN6O3. The number of anilines is 1. The second kappa shape index (κ2) is 11.5. The molecule has 9 nitrogen and oxygen atoms in total. The number of nitrogen functional groups attached to an aromatic ring is 1. The van der Waals surface area contributed by atoms with Crippen LogP contribution in [-0.2, 0) is 17.8 Å². The lowest BCUT2D eigenvalue weighted by Gasteiger charge is -2.23. The summed E-state index contributed by atoms with van der Waals surface area (Å²) in [6.45, 7) is 2.07. The maximum atomic E-state index is 15.3. The minimum absolute atomic E-state index is 0.0269. The number of aliphatic hydroxyl groups is 1. The number of nitrogens with two attached hydrogens (primary N) is 1. The molecule has 6 aromatic rings. The van der Waals surface area contributed by atoms with E-state index in [9.17, 15) is 9.90 Å². The Labute approximate surface area is 263 Å². The molecule has 3 aromatic heterocycles. The molecule has 0 bridgehead atoms. The summed E-state index contributed by atoms with van der Waals surface area (Å²) >= 11 is 0. The van der Waals surface area contributed by atoms with E-state index >= 15 is 4.39 Å². The van der Waals surface area contributed by atoms with Gasteiger partial charge in [-0.1, -0.05) is 42.5 Å². The van der Waals surface area contributed by atoms with Crippen LogP contribution < -0.4 is 16.6 Å².